The Morgan fingerprint density at radius 3 is 1.50 bits per heavy atom. The molecule has 1 atom stereocenters. The highest BCUT2D eigenvalue weighted by Crippen LogP contribution is 2.53. The van der Waals surface area contributed by atoms with Gasteiger partial charge in [-0.25, -0.2) is 0 Å². The Balaban J connectivity index is 1.30. The molecule has 0 saturated carbocycles. The lowest BCUT2D eigenvalue weighted by atomic mass is 9.72. The lowest BCUT2D eigenvalue weighted by molar-refractivity contribution is 0.592. The van der Waals surface area contributed by atoms with Crippen LogP contribution in [0.5, 0.6) is 0 Å². The van der Waals surface area contributed by atoms with E-state index >= 15 is 4.57 Å². The first-order valence-electron chi connectivity index (χ1n) is 16.0. The fourth-order valence-electron chi connectivity index (χ4n) is 6.88. The van der Waals surface area contributed by atoms with Crippen molar-refractivity contribution >= 4 is 40.1 Å². The van der Waals surface area contributed by atoms with E-state index < -0.39 is 7.14 Å². The zero-order chi connectivity index (χ0) is 32.7. The van der Waals surface area contributed by atoms with E-state index in [-0.39, 0.29) is 5.41 Å². The Kier molecular flexibility index (Phi) is 7.35. The maximum atomic E-state index is 15.1. The van der Waals surface area contributed by atoms with Crippen LogP contribution < -0.4 is 20.8 Å². The van der Waals surface area contributed by atoms with E-state index in [0.29, 0.717) is 5.30 Å². The van der Waals surface area contributed by atoms with Gasteiger partial charge in [-0.15, -0.1) is 0 Å². The van der Waals surface area contributed by atoms with Gasteiger partial charge in [0, 0.05) is 64.2 Å². The van der Waals surface area contributed by atoms with Crippen molar-refractivity contribution in [3.8, 4) is 22.3 Å². The molecular formula is C42H33N4OP. The largest absolute Gasteiger partial charge is 0.310 e. The molecule has 0 bridgehead atoms. The Hall–Kier alpha value is -5.64. The summed E-state index contributed by atoms with van der Waals surface area (Å²) in [6, 6.07) is 43.2. The normalized spacial score (nSPS) is 14.4. The van der Waals surface area contributed by atoms with Gasteiger partial charge in [-0.3, -0.25) is 15.0 Å². The Bertz CT molecular complexity index is 2140. The van der Waals surface area contributed by atoms with Crippen LogP contribution >= 0.6 is 7.14 Å². The molecule has 4 heterocycles. The summed E-state index contributed by atoms with van der Waals surface area (Å²) in [5, 5.41) is 2.26. The van der Waals surface area contributed by atoms with Crippen molar-refractivity contribution in [1.29, 1.82) is 0 Å². The van der Waals surface area contributed by atoms with E-state index in [2.05, 4.69) is 94.4 Å². The first-order chi connectivity index (χ1) is 23.4. The first kappa shape index (κ1) is 29.7. The molecule has 1 aliphatic heterocycles. The van der Waals surface area contributed by atoms with Gasteiger partial charge in [-0.1, -0.05) is 68.4 Å². The number of pyridine rings is 3. The second-order valence-corrected chi connectivity index (χ2v) is 15.3. The topological polar surface area (TPSA) is 59.0 Å². The molecule has 0 saturated heterocycles. The number of nitrogens with zero attached hydrogens (tertiary/aromatic N) is 4. The molecule has 0 aliphatic carbocycles. The van der Waals surface area contributed by atoms with Gasteiger partial charge in [0.1, 0.15) is 0 Å². The molecule has 0 spiro atoms. The summed E-state index contributed by atoms with van der Waals surface area (Å²) < 4.78 is 15.1. The van der Waals surface area contributed by atoms with E-state index in [1.165, 1.54) is 11.1 Å². The number of fused-ring (bicyclic) bond motifs is 2. The fraction of sp³-hybridized carbons (Fsp3) is 0.0714. The highest BCUT2D eigenvalue weighted by Gasteiger charge is 2.38. The highest BCUT2D eigenvalue weighted by molar-refractivity contribution is 7.85. The van der Waals surface area contributed by atoms with Crippen molar-refractivity contribution in [1.82, 2.24) is 15.0 Å². The number of hydrogen-bond acceptors (Lipinski definition) is 5. The van der Waals surface area contributed by atoms with Crippen LogP contribution in [0.1, 0.15) is 25.0 Å². The minimum absolute atomic E-state index is 0.305. The summed E-state index contributed by atoms with van der Waals surface area (Å²) in [7, 11) is -3.16. The molecule has 1 aliphatic rings. The van der Waals surface area contributed by atoms with Crippen LogP contribution in [0, 0.1) is 0 Å². The molecule has 1 unspecified atom stereocenters. The summed E-state index contributed by atoms with van der Waals surface area (Å²) in [6.45, 7) is 4.60. The van der Waals surface area contributed by atoms with Crippen molar-refractivity contribution in [3.63, 3.8) is 0 Å². The summed E-state index contributed by atoms with van der Waals surface area (Å²) in [4.78, 5) is 15.4. The van der Waals surface area contributed by atoms with Gasteiger partial charge in [-0.2, -0.15) is 0 Å². The summed E-state index contributed by atoms with van der Waals surface area (Å²) >= 11 is 0. The van der Waals surface area contributed by atoms with Crippen molar-refractivity contribution in [3.05, 3.63) is 176 Å². The summed E-state index contributed by atoms with van der Waals surface area (Å²) in [5.41, 5.74) is 9.74. The van der Waals surface area contributed by atoms with Crippen LogP contribution in [-0.2, 0) is 9.98 Å². The fourth-order valence-corrected chi connectivity index (χ4v) is 9.46. The third kappa shape index (κ3) is 4.95. The van der Waals surface area contributed by atoms with Gasteiger partial charge in [0.25, 0.3) is 0 Å². The van der Waals surface area contributed by atoms with Gasteiger partial charge < -0.3 is 9.46 Å². The van der Waals surface area contributed by atoms with E-state index in [1.807, 2.05) is 79.1 Å². The molecule has 48 heavy (non-hydrogen) atoms. The smallest absolute Gasteiger partial charge is 0.172 e. The Morgan fingerprint density at radius 1 is 0.500 bits per heavy atom. The zero-order valence-electron chi connectivity index (χ0n) is 26.7. The average Bonchev–Trinajstić information content (AvgIpc) is 3.16. The number of anilines is 3. The molecule has 4 aromatic carbocycles. The molecule has 6 heteroatoms. The second-order valence-electron chi connectivity index (χ2n) is 12.6. The molecule has 232 valence electrons. The van der Waals surface area contributed by atoms with E-state index in [1.54, 1.807) is 24.8 Å². The summed E-state index contributed by atoms with van der Waals surface area (Å²) in [5.74, 6) is 0. The van der Waals surface area contributed by atoms with Crippen LogP contribution in [-0.4, -0.2) is 15.0 Å². The first-order valence-corrected chi connectivity index (χ1v) is 17.7. The molecule has 3 aromatic heterocycles. The van der Waals surface area contributed by atoms with Crippen molar-refractivity contribution in [2.24, 2.45) is 0 Å². The molecule has 0 N–H and O–H groups in total. The molecular weight excluding hydrogens is 607 g/mol. The van der Waals surface area contributed by atoms with Crippen LogP contribution in [0.4, 0.5) is 17.1 Å². The number of benzene rings is 4. The standard InChI is InChI=1S/C42H33N4OP/c1-42(2)38-25-30(32-9-6-22-43-27-32)14-20-40(38)46(41-21-15-31(26-39(41)42)33-10-7-23-44-28-33)34-16-18-36(19-17-34)48(47,35-11-4-3-5-12-35)37-13-8-24-45-29-37/h3-29H,1-2H3. The Morgan fingerprint density at radius 2 is 1.00 bits per heavy atom. The van der Waals surface area contributed by atoms with Crippen molar-refractivity contribution in [2.75, 3.05) is 4.90 Å². The predicted octanol–water partition coefficient (Wildman–Crippen LogP) is 8.95. The molecule has 0 fully saturated rings. The van der Waals surface area contributed by atoms with Crippen molar-refractivity contribution < 1.29 is 4.57 Å². The molecule has 0 radical (unpaired) electrons. The third-order valence-electron chi connectivity index (χ3n) is 9.41. The maximum absolute atomic E-state index is 15.1. The van der Waals surface area contributed by atoms with Crippen LogP contribution in [0.25, 0.3) is 22.3 Å². The summed E-state index contributed by atoms with van der Waals surface area (Å²) in [6.07, 6.45) is 10.9. The Labute approximate surface area is 281 Å². The minimum atomic E-state index is -3.16. The van der Waals surface area contributed by atoms with Crippen LogP contribution in [0.2, 0.25) is 0 Å². The van der Waals surface area contributed by atoms with Gasteiger partial charge >= 0.3 is 0 Å². The quantitative estimate of drug-likeness (QED) is 0.170. The van der Waals surface area contributed by atoms with E-state index in [9.17, 15) is 0 Å². The van der Waals surface area contributed by atoms with Gasteiger partial charge in [0.15, 0.2) is 7.14 Å². The molecule has 0 amide bonds. The van der Waals surface area contributed by atoms with Crippen LogP contribution in [0.15, 0.2) is 165 Å². The monoisotopic (exact) mass is 640 g/mol. The predicted molar refractivity (Wildman–Crippen MR) is 197 cm³/mol. The molecule has 5 nitrogen and oxygen atoms in total. The molecule has 8 rings (SSSR count). The number of rotatable bonds is 6. The average molecular weight is 641 g/mol. The van der Waals surface area contributed by atoms with E-state index in [4.69, 9.17) is 0 Å². The van der Waals surface area contributed by atoms with Gasteiger partial charge in [0.05, 0.1) is 11.4 Å². The third-order valence-corrected chi connectivity index (χ3v) is 12.5. The second kappa shape index (κ2) is 11.9. The number of hydrogen-bond donors (Lipinski definition) is 0. The lowest BCUT2D eigenvalue weighted by Gasteiger charge is -2.42. The van der Waals surface area contributed by atoms with Crippen LogP contribution in [0.3, 0.4) is 0 Å². The van der Waals surface area contributed by atoms with Crippen molar-refractivity contribution in [2.45, 2.75) is 19.3 Å². The van der Waals surface area contributed by atoms with Gasteiger partial charge in [0.2, 0.25) is 0 Å². The minimum Gasteiger partial charge on any atom is -0.310 e. The van der Waals surface area contributed by atoms with Gasteiger partial charge in [-0.05, 0) is 106 Å². The van der Waals surface area contributed by atoms with E-state index in [0.717, 1.165) is 49.9 Å². The SMILES string of the molecule is CC1(C)c2cc(-c3cccnc3)ccc2N(c2ccc(P(=O)(c3ccccc3)c3cccnc3)cc2)c2ccc(-c3cccnc3)cc21. The zero-order valence-corrected chi connectivity index (χ0v) is 27.6. The number of aromatic nitrogens is 3. The highest BCUT2D eigenvalue weighted by atomic mass is 31.2. The maximum Gasteiger partial charge on any atom is 0.172 e. The lowest BCUT2D eigenvalue weighted by Crippen LogP contribution is -2.31. The molecule has 7 aromatic rings.